The van der Waals surface area contributed by atoms with Crippen LogP contribution in [-0.2, 0) is 4.79 Å². The third kappa shape index (κ3) is 2.13. The molecule has 1 unspecified atom stereocenters. The van der Waals surface area contributed by atoms with Crippen LogP contribution < -0.4 is 9.80 Å². The van der Waals surface area contributed by atoms with Crippen LogP contribution in [0, 0.1) is 11.3 Å². The van der Waals surface area contributed by atoms with Crippen molar-refractivity contribution in [2.45, 2.75) is 18.9 Å². The Morgan fingerprint density at radius 2 is 2.26 bits per heavy atom. The highest BCUT2D eigenvalue weighted by Crippen LogP contribution is 2.42. The molecule has 2 aliphatic rings. The Bertz CT molecular complexity index is 847. The molecule has 2 aliphatic heterocycles. The first-order valence-corrected chi connectivity index (χ1v) is 7.70. The van der Waals surface area contributed by atoms with Gasteiger partial charge in [-0.05, 0) is 42.6 Å². The van der Waals surface area contributed by atoms with Gasteiger partial charge in [-0.2, -0.15) is 10.2 Å². The number of amides is 1. The maximum atomic E-state index is 13.0. The average Bonchev–Trinajstić information content (AvgIpc) is 3.06. The van der Waals surface area contributed by atoms with Gasteiger partial charge in [-0.1, -0.05) is 6.07 Å². The SMILES string of the molecule is N#Cc1cccc(N2C(=O)C3CCCN3c3nc(Cl)ncc32)c1. The van der Waals surface area contributed by atoms with Gasteiger partial charge in [0.25, 0.3) is 5.91 Å². The number of halogens is 1. The predicted molar refractivity (Wildman–Crippen MR) is 85.7 cm³/mol. The van der Waals surface area contributed by atoms with Crippen molar-refractivity contribution in [3.8, 4) is 6.07 Å². The number of nitrogens with zero attached hydrogens (tertiary/aromatic N) is 5. The number of nitriles is 1. The molecule has 1 saturated heterocycles. The topological polar surface area (TPSA) is 73.1 Å². The zero-order valence-electron chi connectivity index (χ0n) is 12.1. The molecule has 0 radical (unpaired) electrons. The largest absolute Gasteiger partial charge is 0.343 e. The first kappa shape index (κ1) is 14.0. The molecule has 1 aromatic heterocycles. The van der Waals surface area contributed by atoms with Crippen LogP contribution >= 0.6 is 11.6 Å². The predicted octanol–water partition coefficient (Wildman–Crippen LogP) is 2.65. The number of hydrogen-bond acceptors (Lipinski definition) is 5. The van der Waals surface area contributed by atoms with E-state index in [1.807, 2.05) is 11.0 Å². The molecule has 6 nitrogen and oxygen atoms in total. The normalized spacial score (nSPS) is 19.3. The molecule has 0 spiro atoms. The molecule has 0 bridgehead atoms. The number of benzene rings is 1. The maximum absolute atomic E-state index is 13.0. The summed E-state index contributed by atoms with van der Waals surface area (Å²) in [5.74, 6) is 0.658. The van der Waals surface area contributed by atoms with Gasteiger partial charge in [-0.15, -0.1) is 0 Å². The van der Waals surface area contributed by atoms with Crippen molar-refractivity contribution in [3.63, 3.8) is 0 Å². The summed E-state index contributed by atoms with van der Waals surface area (Å²) in [6.45, 7) is 0.781. The number of aromatic nitrogens is 2. The molecule has 1 atom stereocenters. The highest BCUT2D eigenvalue weighted by Gasteiger charge is 2.42. The second kappa shape index (κ2) is 5.21. The van der Waals surface area contributed by atoms with E-state index < -0.39 is 0 Å². The van der Waals surface area contributed by atoms with Gasteiger partial charge in [-0.25, -0.2) is 4.98 Å². The number of fused-ring (bicyclic) bond motifs is 3. The van der Waals surface area contributed by atoms with Crippen LogP contribution in [0.4, 0.5) is 17.2 Å². The lowest BCUT2D eigenvalue weighted by Crippen LogP contribution is -2.49. The smallest absolute Gasteiger partial charge is 0.254 e. The van der Waals surface area contributed by atoms with Crippen LogP contribution in [0.25, 0.3) is 0 Å². The number of carbonyl (C=O) groups is 1. The first-order valence-electron chi connectivity index (χ1n) is 7.32. The molecule has 0 aliphatic carbocycles. The van der Waals surface area contributed by atoms with Gasteiger partial charge in [-0.3, -0.25) is 9.69 Å². The molecule has 23 heavy (non-hydrogen) atoms. The van der Waals surface area contributed by atoms with Crippen molar-refractivity contribution in [1.29, 1.82) is 5.26 Å². The molecule has 2 aromatic rings. The molecular formula is C16H12ClN5O. The summed E-state index contributed by atoms with van der Waals surface area (Å²) < 4.78 is 0. The molecule has 0 N–H and O–H groups in total. The summed E-state index contributed by atoms with van der Waals surface area (Å²) in [5.41, 5.74) is 1.75. The molecule has 3 heterocycles. The highest BCUT2D eigenvalue weighted by molar-refractivity contribution is 6.28. The molecule has 1 amide bonds. The van der Waals surface area contributed by atoms with Crippen molar-refractivity contribution < 1.29 is 4.79 Å². The molecule has 0 saturated carbocycles. The zero-order valence-corrected chi connectivity index (χ0v) is 12.9. The quantitative estimate of drug-likeness (QED) is 0.754. The fourth-order valence-corrected chi connectivity index (χ4v) is 3.37. The van der Waals surface area contributed by atoms with Crippen molar-refractivity contribution >= 4 is 34.7 Å². The second-order valence-corrected chi connectivity index (χ2v) is 5.87. The van der Waals surface area contributed by atoms with Gasteiger partial charge in [0.2, 0.25) is 5.28 Å². The minimum Gasteiger partial charge on any atom is -0.343 e. The summed E-state index contributed by atoms with van der Waals surface area (Å²) in [6, 6.07) is 8.84. The van der Waals surface area contributed by atoms with Gasteiger partial charge < -0.3 is 4.90 Å². The van der Waals surface area contributed by atoms with E-state index in [-0.39, 0.29) is 17.2 Å². The van der Waals surface area contributed by atoms with Crippen LogP contribution in [0.2, 0.25) is 5.28 Å². The summed E-state index contributed by atoms with van der Waals surface area (Å²) in [5, 5.41) is 9.27. The van der Waals surface area contributed by atoms with Crippen LogP contribution in [0.15, 0.2) is 30.5 Å². The molecule has 114 valence electrons. The van der Waals surface area contributed by atoms with E-state index in [2.05, 4.69) is 16.0 Å². The Labute approximate surface area is 137 Å². The Kier molecular flexibility index (Phi) is 3.17. The maximum Gasteiger partial charge on any atom is 0.254 e. The van der Waals surface area contributed by atoms with E-state index in [9.17, 15) is 4.79 Å². The second-order valence-electron chi connectivity index (χ2n) is 5.54. The monoisotopic (exact) mass is 325 g/mol. The Morgan fingerprint density at radius 3 is 3.09 bits per heavy atom. The number of anilines is 3. The van der Waals surface area contributed by atoms with Crippen molar-refractivity contribution in [2.24, 2.45) is 0 Å². The van der Waals surface area contributed by atoms with Gasteiger partial charge in [0, 0.05) is 6.54 Å². The van der Waals surface area contributed by atoms with E-state index in [1.165, 1.54) is 0 Å². The molecular weight excluding hydrogens is 314 g/mol. The Balaban J connectivity index is 1.91. The van der Waals surface area contributed by atoms with Crippen LogP contribution in [-0.4, -0.2) is 28.5 Å². The van der Waals surface area contributed by atoms with Gasteiger partial charge in [0.1, 0.15) is 11.7 Å². The number of rotatable bonds is 1. The summed E-state index contributed by atoms with van der Waals surface area (Å²) in [6.07, 6.45) is 3.29. The molecule has 7 heteroatoms. The van der Waals surface area contributed by atoms with E-state index in [0.29, 0.717) is 22.8 Å². The first-order chi connectivity index (χ1) is 11.2. The highest BCUT2D eigenvalue weighted by atomic mass is 35.5. The van der Waals surface area contributed by atoms with E-state index in [1.54, 1.807) is 29.3 Å². The minimum absolute atomic E-state index is 0.0176. The van der Waals surface area contributed by atoms with Gasteiger partial charge in [0.15, 0.2) is 5.82 Å². The molecule has 1 fully saturated rings. The third-order valence-corrected chi connectivity index (χ3v) is 4.41. The number of carbonyl (C=O) groups excluding carboxylic acids is 1. The van der Waals surface area contributed by atoms with Crippen molar-refractivity contribution in [2.75, 3.05) is 16.3 Å². The summed E-state index contributed by atoms with van der Waals surface area (Å²) in [4.78, 5) is 24.9. The van der Waals surface area contributed by atoms with Crippen molar-refractivity contribution in [3.05, 3.63) is 41.3 Å². The van der Waals surface area contributed by atoms with Gasteiger partial charge in [0.05, 0.1) is 23.5 Å². The van der Waals surface area contributed by atoms with Crippen molar-refractivity contribution in [1.82, 2.24) is 9.97 Å². The lowest BCUT2D eigenvalue weighted by molar-refractivity contribution is -0.119. The third-order valence-electron chi connectivity index (χ3n) is 4.23. The van der Waals surface area contributed by atoms with Crippen LogP contribution in [0.3, 0.4) is 0 Å². The van der Waals surface area contributed by atoms with E-state index in [0.717, 1.165) is 19.4 Å². The Morgan fingerprint density at radius 1 is 1.39 bits per heavy atom. The van der Waals surface area contributed by atoms with Gasteiger partial charge >= 0.3 is 0 Å². The fourth-order valence-electron chi connectivity index (χ4n) is 3.24. The number of hydrogen-bond donors (Lipinski definition) is 0. The molecule has 4 rings (SSSR count). The minimum atomic E-state index is -0.237. The average molecular weight is 326 g/mol. The van der Waals surface area contributed by atoms with Crippen LogP contribution in [0.5, 0.6) is 0 Å². The zero-order chi connectivity index (χ0) is 16.0. The summed E-state index contributed by atoms with van der Waals surface area (Å²) >= 11 is 5.95. The standard InChI is InChI=1S/C16H12ClN5O/c17-16-19-9-13-14(20-16)21-6-2-5-12(21)15(23)22(13)11-4-1-3-10(7-11)8-18/h1,3-4,7,9,12H,2,5-6H2. The lowest BCUT2D eigenvalue weighted by atomic mass is 10.1. The fraction of sp³-hybridized carbons (Fsp3) is 0.250. The lowest BCUT2D eigenvalue weighted by Gasteiger charge is -2.38. The molecule has 1 aromatic carbocycles. The van der Waals surface area contributed by atoms with E-state index >= 15 is 0 Å². The van der Waals surface area contributed by atoms with Crippen LogP contribution in [0.1, 0.15) is 18.4 Å². The van der Waals surface area contributed by atoms with E-state index in [4.69, 9.17) is 16.9 Å². The summed E-state index contributed by atoms with van der Waals surface area (Å²) in [7, 11) is 0. The Hall–Kier alpha value is -2.65.